The lowest BCUT2D eigenvalue weighted by atomic mass is 9.88. The van der Waals surface area contributed by atoms with Gasteiger partial charge in [-0.3, -0.25) is 4.79 Å². The second kappa shape index (κ2) is 8.19. The van der Waals surface area contributed by atoms with Crippen LogP contribution in [0.15, 0.2) is 36.4 Å². The molecule has 146 valence electrons. The number of nitrogens with zero attached hydrogens (tertiary/aromatic N) is 1. The minimum absolute atomic E-state index is 0.100. The second-order valence-electron chi connectivity index (χ2n) is 7.14. The van der Waals surface area contributed by atoms with Gasteiger partial charge in [-0.25, -0.2) is 0 Å². The van der Waals surface area contributed by atoms with E-state index in [0.717, 1.165) is 46.9 Å². The molecule has 1 N–H and O–H groups in total. The average Bonchev–Trinajstić information content (AvgIpc) is 3.15. The zero-order chi connectivity index (χ0) is 19.5. The van der Waals surface area contributed by atoms with Crippen LogP contribution in [0.3, 0.4) is 0 Å². The number of rotatable bonds is 5. The van der Waals surface area contributed by atoms with Crippen LogP contribution in [0.25, 0.3) is 21.2 Å². The van der Waals surface area contributed by atoms with Gasteiger partial charge in [-0.05, 0) is 59.8 Å². The molecule has 0 saturated heterocycles. The molecule has 4 rings (SSSR count). The molecule has 3 aromatic rings. The van der Waals surface area contributed by atoms with E-state index in [2.05, 4.69) is 27.9 Å². The van der Waals surface area contributed by atoms with Gasteiger partial charge in [0.15, 0.2) is 17.3 Å². The SMILES string of the molecule is COc1ccc(-c2ccc3snc(NC(=O)C4CCCCC4)c3c2)cc1OC. The molecule has 6 heteroatoms. The van der Waals surface area contributed by atoms with Crippen LogP contribution in [-0.4, -0.2) is 24.5 Å². The highest BCUT2D eigenvalue weighted by atomic mass is 32.1. The van der Waals surface area contributed by atoms with Crippen molar-refractivity contribution in [3.05, 3.63) is 36.4 Å². The zero-order valence-electron chi connectivity index (χ0n) is 16.2. The number of hydrogen-bond acceptors (Lipinski definition) is 5. The van der Waals surface area contributed by atoms with E-state index in [9.17, 15) is 4.79 Å². The molecule has 0 atom stereocenters. The van der Waals surface area contributed by atoms with Crippen molar-refractivity contribution in [3.63, 3.8) is 0 Å². The number of ether oxygens (including phenoxy) is 2. The fraction of sp³-hybridized carbons (Fsp3) is 0.364. The lowest BCUT2D eigenvalue weighted by Crippen LogP contribution is -2.24. The summed E-state index contributed by atoms with van der Waals surface area (Å²) in [4.78, 5) is 12.6. The summed E-state index contributed by atoms with van der Waals surface area (Å²) in [6.45, 7) is 0. The zero-order valence-corrected chi connectivity index (χ0v) is 17.0. The summed E-state index contributed by atoms with van der Waals surface area (Å²) in [6, 6.07) is 12.1. The topological polar surface area (TPSA) is 60.5 Å². The normalized spacial score (nSPS) is 14.8. The highest BCUT2D eigenvalue weighted by Crippen LogP contribution is 2.36. The number of benzene rings is 2. The molecule has 5 nitrogen and oxygen atoms in total. The number of carbonyl (C=O) groups is 1. The third-order valence-electron chi connectivity index (χ3n) is 5.40. The van der Waals surface area contributed by atoms with E-state index in [1.807, 2.05) is 18.2 Å². The minimum atomic E-state index is 0.100. The number of amides is 1. The van der Waals surface area contributed by atoms with Crippen molar-refractivity contribution in [2.75, 3.05) is 19.5 Å². The molecular weight excluding hydrogens is 372 g/mol. The van der Waals surface area contributed by atoms with Crippen LogP contribution < -0.4 is 14.8 Å². The molecule has 1 aromatic heterocycles. The number of carbonyl (C=O) groups excluding carboxylic acids is 1. The fourth-order valence-electron chi connectivity index (χ4n) is 3.81. The van der Waals surface area contributed by atoms with Gasteiger partial charge in [-0.15, -0.1) is 0 Å². The highest BCUT2D eigenvalue weighted by Gasteiger charge is 2.22. The summed E-state index contributed by atoms with van der Waals surface area (Å²) >= 11 is 1.41. The Morgan fingerprint density at radius 1 is 1.00 bits per heavy atom. The number of hydrogen-bond donors (Lipinski definition) is 1. The Morgan fingerprint density at radius 3 is 2.46 bits per heavy atom. The van der Waals surface area contributed by atoms with Crippen LogP contribution in [0.4, 0.5) is 5.82 Å². The third kappa shape index (κ3) is 3.69. The van der Waals surface area contributed by atoms with E-state index in [-0.39, 0.29) is 11.8 Å². The van der Waals surface area contributed by atoms with Gasteiger partial charge >= 0.3 is 0 Å². The van der Waals surface area contributed by atoms with Crippen molar-refractivity contribution in [2.24, 2.45) is 5.92 Å². The average molecular weight is 397 g/mol. The Morgan fingerprint density at radius 2 is 1.71 bits per heavy atom. The lowest BCUT2D eigenvalue weighted by molar-refractivity contribution is -0.120. The van der Waals surface area contributed by atoms with Gasteiger partial charge in [0.25, 0.3) is 0 Å². The lowest BCUT2D eigenvalue weighted by Gasteiger charge is -2.20. The van der Waals surface area contributed by atoms with E-state index in [1.54, 1.807) is 14.2 Å². The Balaban J connectivity index is 1.63. The van der Waals surface area contributed by atoms with Gasteiger partial charge < -0.3 is 14.8 Å². The molecule has 0 radical (unpaired) electrons. The van der Waals surface area contributed by atoms with Gasteiger partial charge in [0, 0.05) is 11.3 Å². The van der Waals surface area contributed by atoms with Gasteiger partial charge in [0.05, 0.1) is 18.9 Å². The Kier molecular flexibility index (Phi) is 5.48. The van der Waals surface area contributed by atoms with Gasteiger partial charge in [-0.2, -0.15) is 4.37 Å². The number of anilines is 1. The van der Waals surface area contributed by atoms with Gasteiger partial charge in [-0.1, -0.05) is 31.4 Å². The first-order chi connectivity index (χ1) is 13.7. The number of methoxy groups -OCH3 is 2. The molecule has 2 aromatic carbocycles. The van der Waals surface area contributed by atoms with Crippen LogP contribution in [0, 0.1) is 5.92 Å². The van der Waals surface area contributed by atoms with Crippen molar-refractivity contribution in [3.8, 4) is 22.6 Å². The van der Waals surface area contributed by atoms with Crippen LogP contribution in [0.2, 0.25) is 0 Å². The molecule has 1 amide bonds. The summed E-state index contributed by atoms with van der Waals surface area (Å²) < 4.78 is 16.3. The standard InChI is InChI=1S/C22H24N2O3S/c1-26-18-10-8-16(13-19(18)27-2)15-9-11-20-17(12-15)21(24-28-20)23-22(25)14-6-4-3-5-7-14/h8-14H,3-7H2,1-2H3,(H,23,24,25). The molecule has 1 fully saturated rings. The predicted molar refractivity (Wildman–Crippen MR) is 113 cm³/mol. The Labute approximate surface area is 168 Å². The predicted octanol–water partition coefficient (Wildman–Crippen LogP) is 5.50. The first kappa shape index (κ1) is 18.7. The molecule has 0 bridgehead atoms. The van der Waals surface area contributed by atoms with Crippen molar-refractivity contribution >= 4 is 33.3 Å². The minimum Gasteiger partial charge on any atom is -0.493 e. The van der Waals surface area contributed by atoms with Crippen molar-refractivity contribution in [1.29, 1.82) is 0 Å². The number of aromatic nitrogens is 1. The number of nitrogens with one attached hydrogen (secondary N) is 1. The van der Waals surface area contributed by atoms with Crippen LogP contribution in [-0.2, 0) is 4.79 Å². The highest BCUT2D eigenvalue weighted by molar-refractivity contribution is 7.13. The van der Waals surface area contributed by atoms with Crippen molar-refractivity contribution in [2.45, 2.75) is 32.1 Å². The van der Waals surface area contributed by atoms with Gasteiger partial charge in [0.1, 0.15) is 0 Å². The van der Waals surface area contributed by atoms with E-state index in [1.165, 1.54) is 18.0 Å². The Hall–Kier alpha value is -2.60. The van der Waals surface area contributed by atoms with E-state index < -0.39 is 0 Å². The molecule has 1 aliphatic carbocycles. The second-order valence-corrected chi connectivity index (χ2v) is 7.94. The van der Waals surface area contributed by atoms with Crippen LogP contribution in [0.5, 0.6) is 11.5 Å². The first-order valence-electron chi connectivity index (χ1n) is 9.62. The van der Waals surface area contributed by atoms with Crippen LogP contribution in [0.1, 0.15) is 32.1 Å². The summed E-state index contributed by atoms with van der Waals surface area (Å²) in [5.74, 6) is 2.26. The summed E-state index contributed by atoms with van der Waals surface area (Å²) in [5, 5.41) is 4.04. The van der Waals surface area contributed by atoms with Crippen molar-refractivity contribution in [1.82, 2.24) is 4.37 Å². The molecule has 0 unspecified atom stereocenters. The molecule has 1 saturated carbocycles. The maximum atomic E-state index is 12.6. The quantitative estimate of drug-likeness (QED) is 0.619. The summed E-state index contributed by atoms with van der Waals surface area (Å²) in [7, 11) is 3.26. The molecule has 0 aliphatic heterocycles. The monoisotopic (exact) mass is 396 g/mol. The van der Waals surface area contributed by atoms with Crippen molar-refractivity contribution < 1.29 is 14.3 Å². The molecule has 1 aliphatic rings. The molecule has 1 heterocycles. The summed E-state index contributed by atoms with van der Waals surface area (Å²) in [6.07, 6.45) is 5.46. The summed E-state index contributed by atoms with van der Waals surface area (Å²) in [5.41, 5.74) is 2.07. The smallest absolute Gasteiger partial charge is 0.228 e. The molecule has 0 spiro atoms. The third-order valence-corrected chi connectivity index (χ3v) is 6.23. The van der Waals surface area contributed by atoms with E-state index in [4.69, 9.17) is 9.47 Å². The maximum absolute atomic E-state index is 12.6. The van der Waals surface area contributed by atoms with Gasteiger partial charge in [0.2, 0.25) is 5.91 Å². The van der Waals surface area contributed by atoms with E-state index >= 15 is 0 Å². The van der Waals surface area contributed by atoms with E-state index in [0.29, 0.717) is 17.3 Å². The van der Waals surface area contributed by atoms with Crippen LogP contribution >= 0.6 is 11.5 Å². The largest absolute Gasteiger partial charge is 0.493 e. The molecule has 28 heavy (non-hydrogen) atoms. The fourth-order valence-corrected chi connectivity index (χ4v) is 4.52. The first-order valence-corrected chi connectivity index (χ1v) is 10.4. The Bertz CT molecular complexity index is 993. The maximum Gasteiger partial charge on any atom is 0.228 e. The number of fused-ring (bicyclic) bond motifs is 1. The molecular formula is C22H24N2O3S.